The molecule has 1 aromatic carbocycles. The molecule has 2 aromatic rings. The van der Waals surface area contributed by atoms with E-state index in [1.54, 1.807) is 12.4 Å². The van der Waals surface area contributed by atoms with E-state index in [0.717, 1.165) is 22.9 Å². The molecule has 0 atom stereocenters. The second-order valence-corrected chi connectivity index (χ2v) is 4.38. The molecule has 1 aromatic heterocycles. The predicted molar refractivity (Wildman–Crippen MR) is 69.2 cm³/mol. The van der Waals surface area contributed by atoms with Gasteiger partial charge >= 0.3 is 0 Å². The molecule has 0 saturated heterocycles. The fraction of sp³-hybridized carbons (Fsp3) is 0.286. The van der Waals surface area contributed by atoms with Crippen molar-refractivity contribution >= 4 is 16.6 Å². The third-order valence-corrected chi connectivity index (χ3v) is 2.77. The molecule has 0 bridgehead atoms. The fourth-order valence-corrected chi connectivity index (χ4v) is 1.82. The number of Topliss-reactive ketones (excluding diaryl/α,β-unsaturated/α-hetero) is 1. The highest BCUT2D eigenvalue weighted by Crippen LogP contribution is 2.18. The Labute approximate surface area is 101 Å². The van der Waals surface area contributed by atoms with Crippen LogP contribution >= 0.6 is 0 Å². The molecule has 0 saturated carbocycles. The van der Waals surface area contributed by atoms with Gasteiger partial charge in [0.05, 0.1) is 0 Å². The summed E-state index contributed by atoms with van der Waals surface area (Å²) in [7, 11) is 3.94. The van der Waals surface area contributed by atoms with E-state index >= 15 is 0 Å². The Balaban J connectivity index is 2.32. The number of benzene rings is 1. The summed E-state index contributed by atoms with van der Waals surface area (Å²) in [5.41, 5.74) is 0.775. The largest absolute Gasteiger partial charge is 0.309 e. The molecule has 0 aliphatic carbocycles. The average Bonchev–Trinajstić information content (AvgIpc) is 2.35. The Morgan fingerprint density at radius 3 is 2.88 bits per heavy atom. The van der Waals surface area contributed by atoms with Crippen LogP contribution in [0.5, 0.6) is 0 Å². The molecule has 3 nitrogen and oxygen atoms in total. The highest BCUT2D eigenvalue weighted by Gasteiger charge is 2.09. The summed E-state index contributed by atoms with van der Waals surface area (Å²) in [6, 6.07) is 7.73. The van der Waals surface area contributed by atoms with Crippen molar-refractivity contribution in [3.05, 3.63) is 42.2 Å². The Morgan fingerprint density at radius 1 is 1.29 bits per heavy atom. The monoisotopic (exact) mass is 228 g/mol. The maximum Gasteiger partial charge on any atom is 0.164 e. The minimum Gasteiger partial charge on any atom is -0.309 e. The lowest BCUT2D eigenvalue weighted by Gasteiger charge is -2.09. The number of carbonyl (C=O) groups is 1. The SMILES string of the molecule is CN(C)CCC(=O)c1cccc2ccncc12. The van der Waals surface area contributed by atoms with Gasteiger partial charge in [-0.1, -0.05) is 18.2 Å². The Bertz CT molecular complexity index is 529. The maximum absolute atomic E-state index is 12.1. The van der Waals surface area contributed by atoms with Crippen LogP contribution in [0.4, 0.5) is 0 Å². The molecular formula is C14H16N2O. The number of hydrogen-bond donors (Lipinski definition) is 0. The molecular weight excluding hydrogens is 212 g/mol. The van der Waals surface area contributed by atoms with E-state index in [2.05, 4.69) is 4.98 Å². The summed E-state index contributed by atoms with van der Waals surface area (Å²) in [6.45, 7) is 0.773. The predicted octanol–water partition coefficient (Wildman–Crippen LogP) is 2.37. The minimum absolute atomic E-state index is 0.178. The summed E-state index contributed by atoms with van der Waals surface area (Å²) in [5, 5.41) is 2.01. The zero-order valence-corrected chi connectivity index (χ0v) is 10.2. The second kappa shape index (κ2) is 5.06. The molecule has 1 heterocycles. The van der Waals surface area contributed by atoms with Crippen molar-refractivity contribution in [1.29, 1.82) is 0 Å². The van der Waals surface area contributed by atoms with Gasteiger partial charge in [-0.3, -0.25) is 9.78 Å². The van der Waals surface area contributed by atoms with Gasteiger partial charge < -0.3 is 4.90 Å². The van der Waals surface area contributed by atoms with Gasteiger partial charge in [0.15, 0.2) is 5.78 Å². The molecule has 0 aliphatic heterocycles. The van der Waals surface area contributed by atoms with E-state index in [4.69, 9.17) is 0 Å². The molecule has 0 N–H and O–H groups in total. The lowest BCUT2D eigenvalue weighted by Crippen LogP contribution is -2.16. The quantitative estimate of drug-likeness (QED) is 0.753. The molecule has 2 rings (SSSR count). The molecule has 17 heavy (non-hydrogen) atoms. The summed E-state index contributed by atoms with van der Waals surface area (Å²) in [4.78, 5) is 18.2. The number of fused-ring (bicyclic) bond motifs is 1. The van der Waals surface area contributed by atoms with E-state index in [0.29, 0.717) is 6.42 Å². The molecule has 0 aliphatic rings. The van der Waals surface area contributed by atoms with E-state index in [9.17, 15) is 4.79 Å². The number of pyridine rings is 1. The van der Waals surface area contributed by atoms with Crippen molar-refractivity contribution in [1.82, 2.24) is 9.88 Å². The molecule has 0 unspecified atom stereocenters. The first-order chi connectivity index (χ1) is 8.18. The first-order valence-corrected chi connectivity index (χ1v) is 5.69. The average molecular weight is 228 g/mol. The van der Waals surface area contributed by atoms with Gasteiger partial charge in [-0.15, -0.1) is 0 Å². The summed E-state index contributed by atoms with van der Waals surface area (Å²) < 4.78 is 0. The highest BCUT2D eigenvalue weighted by atomic mass is 16.1. The van der Waals surface area contributed by atoms with Crippen LogP contribution in [-0.4, -0.2) is 36.3 Å². The molecule has 0 radical (unpaired) electrons. The fourth-order valence-electron chi connectivity index (χ4n) is 1.82. The van der Waals surface area contributed by atoms with Gasteiger partial charge in [-0.05, 0) is 25.5 Å². The second-order valence-electron chi connectivity index (χ2n) is 4.38. The number of nitrogens with zero attached hydrogens (tertiary/aromatic N) is 2. The topological polar surface area (TPSA) is 33.2 Å². The van der Waals surface area contributed by atoms with E-state index < -0.39 is 0 Å². The lowest BCUT2D eigenvalue weighted by molar-refractivity contribution is 0.0974. The van der Waals surface area contributed by atoms with Crippen LogP contribution in [0.2, 0.25) is 0 Å². The summed E-state index contributed by atoms with van der Waals surface area (Å²) in [5.74, 6) is 0.178. The summed E-state index contributed by atoms with van der Waals surface area (Å²) >= 11 is 0. The van der Waals surface area contributed by atoms with Crippen LogP contribution in [0, 0.1) is 0 Å². The third-order valence-electron chi connectivity index (χ3n) is 2.77. The van der Waals surface area contributed by atoms with Gasteiger partial charge in [0.25, 0.3) is 0 Å². The van der Waals surface area contributed by atoms with Crippen molar-refractivity contribution in [2.45, 2.75) is 6.42 Å². The van der Waals surface area contributed by atoms with Crippen molar-refractivity contribution < 1.29 is 4.79 Å². The molecule has 88 valence electrons. The smallest absolute Gasteiger partial charge is 0.164 e. The van der Waals surface area contributed by atoms with Crippen LogP contribution < -0.4 is 0 Å². The van der Waals surface area contributed by atoms with Gasteiger partial charge in [-0.25, -0.2) is 0 Å². The molecule has 0 fully saturated rings. The van der Waals surface area contributed by atoms with Crippen LogP contribution in [0.1, 0.15) is 16.8 Å². The molecule has 0 amide bonds. The van der Waals surface area contributed by atoms with Crippen LogP contribution in [-0.2, 0) is 0 Å². The standard InChI is InChI=1S/C14H16N2O/c1-16(2)9-7-14(17)12-5-3-4-11-6-8-15-10-13(11)12/h3-6,8,10H,7,9H2,1-2H3. The van der Waals surface area contributed by atoms with Crippen LogP contribution in [0.25, 0.3) is 10.8 Å². The van der Waals surface area contributed by atoms with Crippen molar-refractivity contribution in [2.75, 3.05) is 20.6 Å². The highest BCUT2D eigenvalue weighted by molar-refractivity contribution is 6.07. The van der Waals surface area contributed by atoms with Gasteiger partial charge in [0.2, 0.25) is 0 Å². The van der Waals surface area contributed by atoms with Crippen molar-refractivity contribution in [2.24, 2.45) is 0 Å². The molecule has 0 spiro atoms. The van der Waals surface area contributed by atoms with Crippen LogP contribution in [0.15, 0.2) is 36.7 Å². The van der Waals surface area contributed by atoms with Gasteiger partial charge in [0.1, 0.15) is 0 Å². The first-order valence-electron chi connectivity index (χ1n) is 5.69. The Kier molecular flexibility index (Phi) is 3.49. The number of aromatic nitrogens is 1. The first kappa shape index (κ1) is 11.7. The zero-order valence-electron chi connectivity index (χ0n) is 10.2. The number of hydrogen-bond acceptors (Lipinski definition) is 3. The number of rotatable bonds is 4. The van der Waals surface area contributed by atoms with E-state index in [1.165, 1.54) is 0 Å². The third kappa shape index (κ3) is 2.68. The summed E-state index contributed by atoms with van der Waals surface area (Å²) in [6.07, 6.45) is 4.05. The number of ketones is 1. The normalized spacial score (nSPS) is 11.0. The van der Waals surface area contributed by atoms with Gasteiger partial charge in [0, 0.05) is 36.3 Å². The minimum atomic E-state index is 0.178. The lowest BCUT2D eigenvalue weighted by atomic mass is 10.0. The van der Waals surface area contributed by atoms with Crippen molar-refractivity contribution in [3.63, 3.8) is 0 Å². The molecule has 3 heteroatoms. The maximum atomic E-state index is 12.1. The van der Waals surface area contributed by atoms with Crippen LogP contribution in [0.3, 0.4) is 0 Å². The Hall–Kier alpha value is -1.74. The van der Waals surface area contributed by atoms with Crippen molar-refractivity contribution in [3.8, 4) is 0 Å². The Morgan fingerprint density at radius 2 is 2.12 bits per heavy atom. The zero-order chi connectivity index (χ0) is 12.3. The van der Waals surface area contributed by atoms with Gasteiger partial charge in [-0.2, -0.15) is 0 Å². The number of carbonyl (C=O) groups excluding carboxylic acids is 1. The van der Waals surface area contributed by atoms with E-state index in [1.807, 2.05) is 43.3 Å². The van der Waals surface area contributed by atoms with E-state index in [-0.39, 0.29) is 5.78 Å².